The summed E-state index contributed by atoms with van der Waals surface area (Å²) in [6.45, 7) is 8.85. The Kier molecular flexibility index (Phi) is 3.40. The molecule has 3 N–H and O–H groups in total. The van der Waals surface area contributed by atoms with Gasteiger partial charge in [0.15, 0.2) is 0 Å². The quantitative estimate of drug-likeness (QED) is 0.800. The molecule has 1 aromatic carbocycles. The molecule has 0 spiro atoms. The standard InChI is InChI=1S/C13H21NO/c1-9-5-11(6-10(2)12(9)15)7-13(3,4)8-14/h5-6,15H,7-8,14H2,1-4H3. The van der Waals surface area contributed by atoms with Crippen molar-refractivity contribution in [2.24, 2.45) is 11.1 Å². The van der Waals surface area contributed by atoms with Crippen molar-refractivity contribution < 1.29 is 5.11 Å². The summed E-state index contributed by atoms with van der Waals surface area (Å²) in [5.74, 6) is 0.407. The summed E-state index contributed by atoms with van der Waals surface area (Å²) in [4.78, 5) is 0. The maximum Gasteiger partial charge on any atom is 0.121 e. The molecule has 2 nitrogen and oxygen atoms in total. The molecule has 0 radical (unpaired) electrons. The molecule has 0 aliphatic rings. The molecule has 0 aliphatic heterocycles. The number of phenolic OH excluding ortho intramolecular Hbond substituents is 1. The Morgan fingerprint density at radius 2 is 1.67 bits per heavy atom. The van der Waals surface area contributed by atoms with Crippen molar-refractivity contribution in [2.45, 2.75) is 34.1 Å². The van der Waals surface area contributed by atoms with E-state index in [1.807, 2.05) is 26.0 Å². The summed E-state index contributed by atoms with van der Waals surface area (Å²) in [6, 6.07) is 4.08. The Labute approximate surface area is 92.1 Å². The number of aryl methyl sites for hydroxylation is 2. The smallest absolute Gasteiger partial charge is 0.121 e. The van der Waals surface area contributed by atoms with Crippen LogP contribution >= 0.6 is 0 Å². The molecule has 0 saturated heterocycles. The van der Waals surface area contributed by atoms with Gasteiger partial charge in [-0.3, -0.25) is 0 Å². The van der Waals surface area contributed by atoms with Gasteiger partial charge in [-0.15, -0.1) is 0 Å². The van der Waals surface area contributed by atoms with Crippen molar-refractivity contribution in [2.75, 3.05) is 6.54 Å². The van der Waals surface area contributed by atoms with Gasteiger partial charge in [0.05, 0.1) is 0 Å². The molecule has 1 aromatic rings. The van der Waals surface area contributed by atoms with Gasteiger partial charge in [-0.2, -0.15) is 0 Å². The molecule has 0 aliphatic carbocycles. The van der Waals surface area contributed by atoms with Gasteiger partial charge in [-0.05, 0) is 48.9 Å². The molecule has 15 heavy (non-hydrogen) atoms. The third-order valence-electron chi connectivity index (χ3n) is 2.79. The van der Waals surface area contributed by atoms with E-state index in [-0.39, 0.29) is 5.41 Å². The van der Waals surface area contributed by atoms with Gasteiger partial charge in [0, 0.05) is 0 Å². The molecule has 0 bridgehead atoms. The Bertz CT molecular complexity index is 333. The predicted octanol–water partition coefficient (Wildman–Crippen LogP) is 2.54. The molecule has 84 valence electrons. The second-order valence-corrected chi connectivity index (χ2v) is 5.12. The van der Waals surface area contributed by atoms with E-state index in [9.17, 15) is 5.11 Å². The molecule has 0 saturated carbocycles. The van der Waals surface area contributed by atoms with Crippen molar-refractivity contribution in [3.63, 3.8) is 0 Å². The fourth-order valence-electron chi connectivity index (χ4n) is 1.77. The van der Waals surface area contributed by atoms with E-state index in [0.29, 0.717) is 12.3 Å². The van der Waals surface area contributed by atoms with Gasteiger partial charge < -0.3 is 10.8 Å². The minimum atomic E-state index is 0.121. The lowest BCUT2D eigenvalue weighted by Gasteiger charge is -2.23. The van der Waals surface area contributed by atoms with Crippen LogP contribution in [0.4, 0.5) is 0 Å². The maximum atomic E-state index is 9.66. The average molecular weight is 207 g/mol. The van der Waals surface area contributed by atoms with Crippen molar-refractivity contribution in [1.82, 2.24) is 0 Å². The maximum absolute atomic E-state index is 9.66. The van der Waals surface area contributed by atoms with E-state index >= 15 is 0 Å². The monoisotopic (exact) mass is 207 g/mol. The van der Waals surface area contributed by atoms with Gasteiger partial charge in [0.1, 0.15) is 5.75 Å². The molecule has 0 unspecified atom stereocenters. The first-order valence-electron chi connectivity index (χ1n) is 5.35. The number of aromatic hydroxyl groups is 1. The van der Waals surface area contributed by atoms with Crippen molar-refractivity contribution in [3.05, 3.63) is 28.8 Å². The van der Waals surface area contributed by atoms with Gasteiger partial charge in [-0.25, -0.2) is 0 Å². The zero-order valence-corrected chi connectivity index (χ0v) is 10.1. The third kappa shape index (κ3) is 2.96. The average Bonchev–Trinajstić information content (AvgIpc) is 2.13. The fraction of sp³-hybridized carbons (Fsp3) is 0.538. The molecule has 2 heteroatoms. The Balaban J connectivity index is 2.98. The third-order valence-corrected chi connectivity index (χ3v) is 2.79. The topological polar surface area (TPSA) is 46.2 Å². The second kappa shape index (κ2) is 4.23. The molecule has 1 rings (SSSR count). The Hall–Kier alpha value is -1.02. The Morgan fingerprint density at radius 3 is 2.07 bits per heavy atom. The molecule has 0 amide bonds. The van der Waals surface area contributed by atoms with Crippen LogP contribution in [0.2, 0.25) is 0 Å². The zero-order chi connectivity index (χ0) is 11.6. The van der Waals surface area contributed by atoms with Crippen LogP contribution < -0.4 is 5.73 Å². The van der Waals surface area contributed by atoms with Crippen molar-refractivity contribution >= 4 is 0 Å². The number of hydrogen-bond acceptors (Lipinski definition) is 2. The van der Waals surface area contributed by atoms with E-state index in [2.05, 4.69) is 13.8 Å². The van der Waals surface area contributed by atoms with Crippen LogP contribution in [0.25, 0.3) is 0 Å². The van der Waals surface area contributed by atoms with E-state index < -0.39 is 0 Å². The first-order chi connectivity index (χ1) is 6.85. The summed E-state index contributed by atoms with van der Waals surface area (Å²) in [5.41, 5.74) is 8.96. The highest BCUT2D eigenvalue weighted by Gasteiger charge is 2.17. The van der Waals surface area contributed by atoms with Crippen molar-refractivity contribution in [3.8, 4) is 5.75 Å². The highest BCUT2D eigenvalue weighted by Crippen LogP contribution is 2.27. The lowest BCUT2D eigenvalue weighted by atomic mass is 9.85. The number of rotatable bonds is 3. The summed E-state index contributed by atoms with van der Waals surface area (Å²) in [7, 11) is 0. The molecule has 0 fully saturated rings. The largest absolute Gasteiger partial charge is 0.507 e. The predicted molar refractivity (Wildman–Crippen MR) is 64.1 cm³/mol. The highest BCUT2D eigenvalue weighted by molar-refractivity contribution is 5.42. The number of nitrogens with two attached hydrogens (primary N) is 1. The first-order valence-corrected chi connectivity index (χ1v) is 5.35. The van der Waals surface area contributed by atoms with E-state index in [4.69, 9.17) is 5.73 Å². The summed E-state index contributed by atoms with van der Waals surface area (Å²) < 4.78 is 0. The Morgan fingerprint density at radius 1 is 1.20 bits per heavy atom. The van der Waals surface area contributed by atoms with Gasteiger partial charge in [-0.1, -0.05) is 26.0 Å². The van der Waals surface area contributed by atoms with Gasteiger partial charge >= 0.3 is 0 Å². The summed E-state index contributed by atoms with van der Waals surface area (Å²) in [6.07, 6.45) is 0.950. The normalized spacial score (nSPS) is 11.8. The first kappa shape index (κ1) is 12.1. The van der Waals surface area contributed by atoms with Crippen molar-refractivity contribution in [1.29, 1.82) is 0 Å². The van der Waals surface area contributed by atoms with E-state index in [1.165, 1.54) is 5.56 Å². The van der Waals surface area contributed by atoms with Gasteiger partial charge in [0.25, 0.3) is 0 Å². The lowest BCUT2D eigenvalue weighted by molar-refractivity contribution is 0.376. The lowest BCUT2D eigenvalue weighted by Crippen LogP contribution is -2.25. The number of benzene rings is 1. The highest BCUT2D eigenvalue weighted by atomic mass is 16.3. The number of hydrogen-bond donors (Lipinski definition) is 2. The van der Waals surface area contributed by atoms with Crippen LogP contribution in [-0.4, -0.2) is 11.7 Å². The van der Waals surface area contributed by atoms with Crippen LogP contribution in [0.15, 0.2) is 12.1 Å². The van der Waals surface area contributed by atoms with E-state index in [1.54, 1.807) is 0 Å². The summed E-state index contributed by atoms with van der Waals surface area (Å²) in [5, 5.41) is 9.66. The molecule has 0 atom stereocenters. The minimum Gasteiger partial charge on any atom is -0.507 e. The van der Waals surface area contributed by atoms with Crippen LogP contribution in [0.5, 0.6) is 5.75 Å². The fourth-order valence-corrected chi connectivity index (χ4v) is 1.77. The summed E-state index contributed by atoms with van der Waals surface area (Å²) >= 11 is 0. The number of phenols is 1. The van der Waals surface area contributed by atoms with Crippen LogP contribution in [0, 0.1) is 19.3 Å². The molecule has 0 heterocycles. The van der Waals surface area contributed by atoms with Gasteiger partial charge in [0.2, 0.25) is 0 Å². The molecular formula is C13H21NO. The van der Waals surface area contributed by atoms with Crippen LogP contribution in [0.3, 0.4) is 0 Å². The molecular weight excluding hydrogens is 186 g/mol. The SMILES string of the molecule is Cc1cc(CC(C)(C)CN)cc(C)c1O. The van der Waals surface area contributed by atoms with Crippen LogP contribution in [0.1, 0.15) is 30.5 Å². The molecule has 0 aromatic heterocycles. The zero-order valence-electron chi connectivity index (χ0n) is 10.1. The van der Waals surface area contributed by atoms with E-state index in [0.717, 1.165) is 17.5 Å². The second-order valence-electron chi connectivity index (χ2n) is 5.12. The minimum absolute atomic E-state index is 0.121. The van der Waals surface area contributed by atoms with Crippen LogP contribution in [-0.2, 0) is 6.42 Å².